The third-order valence-electron chi connectivity index (χ3n) is 1.85. The molecule has 0 saturated heterocycles. The first-order valence-corrected chi connectivity index (χ1v) is 5.25. The van der Waals surface area contributed by atoms with E-state index in [4.69, 9.17) is 5.11 Å². The van der Waals surface area contributed by atoms with Crippen molar-refractivity contribution < 1.29 is 27.8 Å². The lowest BCUT2D eigenvalue weighted by atomic mass is 10.1. The van der Waals surface area contributed by atoms with E-state index in [-0.39, 0.29) is 4.47 Å². The quantitative estimate of drug-likeness (QED) is 0.909. The molecule has 0 atom stereocenters. The number of ether oxygens (including phenoxy) is 1. The molecule has 0 radical (unpaired) electrons. The van der Waals surface area contributed by atoms with E-state index < -0.39 is 36.5 Å². The fourth-order valence-corrected chi connectivity index (χ4v) is 1.45. The van der Waals surface area contributed by atoms with Crippen molar-refractivity contribution in [2.45, 2.75) is 5.92 Å². The number of halogens is 4. The summed E-state index contributed by atoms with van der Waals surface area (Å²) in [6, 6.07) is 2.74. The minimum Gasteiger partial charge on any atom is -0.480 e. The van der Waals surface area contributed by atoms with E-state index >= 15 is 0 Å². The number of alkyl halides is 2. The Morgan fingerprint density at radius 1 is 1.47 bits per heavy atom. The number of carbonyl (C=O) groups is 1. The molecule has 3 nitrogen and oxygen atoms in total. The maximum Gasteiger partial charge on any atom is 0.329 e. The minimum atomic E-state index is -3.37. The maximum atomic E-state index is 13.5. The summed E-state index contributed by atoms with van der Waals surface area (Å²) in [6.45, 7) is -1.88. The average molecular weight is 313 g/mol. The van der Waals surface area contributed by atoms with E-state index in [0.717, 1.165) is 18.2 Å². The van der Waals surface area contributed by atoms with Gasteiger partial charge in [-0.2, -0.15) is 8.78 Å². The summed E-state index contributed by atoms with van der Waals surface area (Å²) in [5.41, 5.74) is -0.448. The molecule has 0 aliphatic carbocycles. The summed E-state index contributed by atoms with van der Waals surface area (Å²) in [6.07, 6.45) is 0. The Bertz CT molecular complexity index is 423. The molecule has 0 aromatic heterocycles. The van der Waals surface area contributed by atoms with Crippen LogP contribution in [0.3, 0.4) is 0 Å². The number of carboxylic acids is 1. The van der Waals surface area contributed by atoms with Crippen molar-refractivity contribution in [3.63, 3.8) is 0 Å². The lowest BCUT2D eigenvalue weighted by Crippen LogP contribution is -2.23. The highest BCUT2D eigenvalue weighted by molar-refractivity contribution is 9.10. The van der Waals surface area contributed by atoms with Crippen molar-refractivity contribution in [2.75, 3.05) is 13.2 Å². The van der Waals surface area contributed by atoms with E-state index in [2.05, 4.69) is 20.7 Å². The van der Waals surface area contributed by atoms with Crippen LogP contribution in [0.5, 0.6) is 0 Å². The van der Waals surface area contributed by atoms with Crippen molar-refractivity contribution in [3.8, 4) is 0 Å². The van der Waals surface area contributed by atoms with Gasteiger partial charge in [-0.1, -0.05) is 0 Å². The molecule has 0 spiro atoms. The van der Waals surface area contributed by atoms with Gasteiger partial charge in [-0.15, -0.1) is 0 Å². The Kier molecular flexibility index (Phi) is 4.53. The predicted molar refractivity (Wildman–Crippen MR) is 56.4 cm³/mol. The van der Waals surface area contributed by atoms with Gasteiger partial charge in [0.05, 0.1) is 4.47 Å². The van der Waals surface area contributed by atoms with Gasteiger partial charge in [0.15, 0.2) is 0 Å². The van der Waals surface area contributed by atoms with Crippen molar-refractivity contribution >= 4 is 21.9 Å². The second-order valence-electron chi connectivity index (χ2n) is 3.22. The highest BCUT2D eigenvalue weighted by Crippen LogP contribution is 2.31. The van der Waals surface area contributed by atoms with Crippen LogP contribution in [0.25, 0.3) is 0 Å². The summed E-state index contributed by atoms with van der Waals surface area (Å²) in [4.78, 5) is 10.1. The number of rotatable bonds is 5. The van der Waals surface area contributed by atoms with E-state index in [0.29, 0.717) is 0 Å². The number of carboxylic acid groups (broad SMARTS) is 1. The van der Waals surface area contributed by atoms with E-state index in [1.807, 2.05) is 0 Å². The fraction of sp³-hybridized carbons (Fsp3) is 0.300. The van der Waals surface area contributed by atoms with Crippen LogP contribution < -0.4 is 0 Å². The molecule has 0 heterocycles. The molecule has 0 fully saturated rings. The summed E-state index contributed by atoms with van der Waals surface area (Å²) in [5.74, 6) is -5.36. The van der Waals surface area contributed by atoms with Gasteiger partial charge in [0, 0.05) is 5.56 Å². The molecule has 1 rings (SSSR count). The Morgan fingerprint density at radius 2 is 2.12 bits per heavy atom. The summed E-state index contributed by atoms with van der Waals surface area (Å²) < 4.78 is 44.0. The van der Waals surface area contributed by atoms with Gasteiger partial charge in [0.1, 0.15) is 19.0 Å². The molecule has 94 valence electrons. The van der Waals surface area contributed by atoms with Gasteiger partial charge in [-0.25, -0.2) is 9.18 Å². The smallest absolute Gasteiger partial charge is 0.329 e. The van der Waals surface area contributed by atoms with Crippen LogP contribution in [0.15, 0.2) is 22.7 Å². The third-order valence-corrected chi connectivity index (χ3v) is 2.46. The monoisotopic (exact) mass is 312 g/mol. The predicted octanol–water partition coefficient (Wildman–Crippen LogP) is 2.78. The standard InChI is InChI=1S/C10H8BrF3O3/c11-7-3-6(1-2-8(7)12)10(13,14)5-17-4-9(15)16/h1-3H,4-5H2,(H,15,16). The first kappa shape index (κ1) is 14.0. The summed E-state index contributed by atoms with van der Waals surface area (Å²) >= 11 is 2.79. The molecule has 0 bridgehead atoms. The van der Waals surface area contributed by atoms with Crippen molar-refractivity contribution in [1.82, 2.24) is 0 Å². The van der Waals surface area contributed by atoms with Crippen LogP contribution >= 0.6 is 15.9 Å². The highest BCUT2D eigenvalue weighted by atomic mass is 79.9. The lowest BCUT2D eigenvalue weighted by molar-refractivity contribution is -0.147. The fourth-order valence-electron chi connectivity index (χ4n) is 1.07. The largest absolute Gasteiger partial charge is 0.480 e. The first-order valence-electron chi connectivity index (χ1n) is 4.46. The van der Waals surface area contributed by atoms with E-state index in [1.54, 1.807) is 0 Å². The number of aliphatic carboxylic acids is 1. The van der Waals surface area contributed by atoms with Crippen molar-refractivity contribution in [3.05, 3.63) is 34.1 Å². The summed E-state index contributed by atoms with van der Waals surface area (Å²) in [5, 5.41) is 8.23. The topological polar surface area (TPSA) is 46.5 Å². The van der Waals surface area contributed by atoms with E-state index in [1.165, 1.54) is 0 Å². The molecule has 0 saturated carbocycles. The molecule has 0 aliphatic heterocycles. The van der Waals surface area contributed by atoms with Crippen LogP contribution in [-0.4, -0.2) is 24.3 Å². The maximum absolute atomic E-state index is 13.5. The molecule has 0 amide bonds. The normalized spacial score (nSPS) is 11.5. The van der Waals surface area contributed by atoms with Crippen LogP contribution in [0.1, 0.15) is 5.56 Å². The Hall–Kier alpha value is -1.08. The molecular formula is C10H8BrF3O3. The Labute approximate surface area is 103 Å². The SMILES string of the molecule is O=C(O)COCC(F)(F)c1ccc(F)c(Br)c1. The van der Waals surface area contributed by atoms with Gasteiger partial charge >= 0.3 is 5.97 Å². The van der Waals surface area contributed by atoms with Gasteiger partial charge in [0.25, 0.3) is 5.92 Å². The number of hydrogen-bond acceptors (Lipinski definition) is 2. The molecule has 17 heavy (non-hydrogen) atoms. The zero-order valence-corrected chi connectivity index (χ0v) is 10.0. The van der Waals surface area contributed by atoms with Crippen LogP contribution in [0.4, 0.5) is 13.2 Å². The van der Waals surface area contributed by atoms with E-state index in [9.17, 15) is 18.0 Å². The first-order chi connectivity index (χ1) is 7.83. The highest BCUT2D eigenvalue weighted by Gasteiger charge is 2.32. The summed E-state index contributed by atoms with van der Waals surface area (Å²) in [7, 11) is 0. The van der Waals surface area contributed by atoms with Gasteiger partial charge in [-0.05, 0) is 34.1 Å². The zero-order valence-electron chi connectivity index (χ0n) is 8.42. The van der Waals surface area contributed by atoms with Gasteiger partial charge < -0.3 is 9.84 Å². The van der Waals surface area contributed by atoms with Crippen LogP contribution in [0, 0.1) is 5.82 Å². The van der Waals surface area contributed by atoms with Crippen LogP contribution in [0.2, 0.25) is 0 Å². The lowest BCUT2D eigenvalue weighted by Gasteiger charge is -2.16. The number of hydrogen-bond donors (Lipinski definition) is 1. The molecule has 1 N–H and O–H groups in total. The zero-order chi connectivity index (χ0) is 13.1. The second kappa shape index (κ2) is 5.50. The number of benzene rings is 1. The molecule has 1 aromatic carbocycles. The van der Waals surface area contributed by atoms with Crippen molar-refractivity contribution in [1.29, 1.82) is 0 Å². The van der Waals surface area contributed by atoms with Crippen LogP contribution in [-0.2, 0) is 15.5 Å². The Morgan fingerprint density at radius 3 is 2.65 bits per heavy atom. The van der Waals surface area contributed by atoms with Crippen molar-refractivity contribution in [2.24, 2.45) is 0 Å². The third kappa shape index (κ3) is 4.01. The molecule has 0 aliphatic rings. The molecule has 7 heteroatoms. The minimum absolute atomic E-state index is 0.0899. The average Bonchev–Trinajstić information content (AvgIpc) is 2.21. The molecule has 1 aromatic rings. The molecular weight excluding hydrogens is 305 g/mol. The van der Waals surface area contributed by atoms with Gasteiger partial charge in [0.2, 0.25) is 0 Å². The Balaban J connectivity index is 2.74. The molecule has 0 unspecified atom stereocenters. The second-order valence-corrected chi connectivity index (χ2v) is 4.07. The van der Waals surface area contributed by atoms with Gasteiger partial charge in [-0.3, -0.25) is 0 Å².